The maximum atomic E-state index is 12.6. The molecule has 1 N–H and O–H groups in total. The monoisotopic (exact) mass is 338 g/mol. The third-order valence-electron chi connectivity index (χ3n) is 6.33. The first-order chi connectivity index (χ1) is 12.2. The molecule has 2 aromatic rings. The van der Waals surface area contributed by atoms with E-state index >= 15 is 0 Å². The fourth-order valence-electron chi connectivity index (χ4n) is 5.35. The van der Waals surface area contributed by atoms with Crippen molar-refractivity contribution >= 4 is 16.6 Å². The van der Waals surface area contributed by atoms with E-state index in [0.29, 0.717) is 6.42 Å². The molecule has 2 bridgehead atoms. The molecule has 5 unspecified atom stereocenters. The molecule has 6 rings (SSSR count). The molecule has 0 amide bonds. The van der Waals surface area contributed by atoms with Gasteiger partial charge in [-0.15, -0.1) is 0 Å². The van der Waals surface area contributed by atoms with E-state index < -0.39 is 23.9 Å². The summed E-state index contributed by atoms with van der Waals surface area (Å²) in [7, 11) is 0. The summed E-state index contributed by atoms with van der Waals surface area (Å²) in [5.41, 5.74) is 0. The lowest BCUT2D eigenvalue weighted by Gasteiger charge is -2.48. The van der Waals surface area contributed by atoms with Crippen molar-refractivity contribution in [3.63, 3.8) is 0 Å². The summed E-state index contributed by atoms with van der Waals surface area (Å²) in [4.78, 5) is 12.6. The first-order valence-electron chi connectivity index (χ1n) is 8.93. The standard InChI is InChI=1S/C20H18O5/c21-11-7-8-15-19-18(11)12(22)9-16(23-15)20(19)24-13-5-1-3-10-4-2-6-14(25-20)17(10)13/h1-6,11,15-16,18-19,21H,7-9H2. The van der Waals surface area contributed by atoms with Crippen molar-refractivity contribution in [2.45, 2.75) is 43.4 Å². The highest BCUT2D eigenvalue weighted by atomic mass is 16.7. The third kappa shape index (κ3) is 1.63. The number of rotatable bonds is 0. The van der Waals surface area contributed by atoms with Crippen LogP contribution < -0.4 is 9.47 Å². The predicted molar refractivity (Wildman–Crippen MR) is 88.4 cm³/mol. The number of benzene rings is 2. The minimum absolute atomic E-state index is 0.0691. The zero-order valence-electron chi connectivity index (χ0n) is 13.6. The van der Waals surface area contributed by atoms with Crippen LogP contribution in [0.4, 0.5) is 0 Å². The molecule has 128 valence electrons. The van der Waals surface area contributed by atoms with Crippen LogP contribution >= 0.6 is 0 Å². The van der Waals surface area contributed by atoms with Crippen LogP contribution in [0.5, 0.6) is 11.5 Å². The number of hydrogen-bond acceptors (Lipinski definition) is 5. The van der Waals surface area contributed by atoms with Crippen LogP contribution in [0.2, 0.25) is 0 Å². The molecule has 3 fully saturated rings. The maximum absolute atomic E-state index is 12.6. The molecule has 5 nitrogen and oxygen atoms in total. The van der Waals surface area contributed by atoms with Gasteiger partial charge in [-0.05, 0) is 30.4 Å². The number of ether oxygens (including phenoxy) is 3. The van der Waals surface area contributed by atoms with Crippen LogP contribution in [0.15, 0.2) is 36.4 Å². The second-order valence-electron chi connectivity index (χ2n) is 7.57. The van der Waals surface area contributed by atoms with Crippen molar-refractivity contribution in [1.82, 2.24) is 0 Å². The average Bonchev–Trinajstić information content (AvgIpc) is 2.81. The fourth-order valence-corrected chi connectivity index (χ4v) is 5.35. The maximum Gasteiger partial charge on any atom is 0.283 e. The summed E-state index contributed by atoms with van der Waals surface area (Å²) < 4.78 is 19.1. The Hall–Kier alpha value is -2.11. The van der Waals surface area contributed by atoms with Crippen LogP contribution in [0.25, 0.3) is 10.8 Å². The predicted octanol–water partition coefficient (Wildman–Crippen LogP) is 2.43. The third-order valence-corrected chi connectivity index (χ3v) is 6.33. The molecule has 2 heterocycles. The number of aliphatic hydroxyl groups is 1. The summed E-state index contributed by atoms with van der Waals surface area (Å²) in [5.74, 6) is -0.163. The highest BCUT2D eigenvalue weighted by Gasteiger charge is 2.71. The first kappa shape index (κ1) is 14.1. The van der Waals surface area contributed by atoms with E-state index in [0.717, 1.165) is 28.7 Å². The molecular weight excluding hydrogens is 320 g/mol. The van der Waals surface area contributed by atoms with E-state index in [1.807, 2.05) is 36.4 Å². The smallest absolute Gasteiger partial charge is 0.283 e. The van der Waals surface area contributed by atoms with Crippen molar-refractivity contribution in [1.29, 1.82) is 0 Å². The van der Waals surface area contributed by atoms with E-state index in [4.69, 9.17) is 14.2 Å². The van der Waals surface area contributed by atoms with Crippen LogP contribution in [0, 0.1) is 11.8 Å². The second kappa shape index (κ2) is 4.54. The molecule has 5 atom stereocenters. The zero-order valence-corrected chi connectivity index (χ0v) is 13.6. The topological polar surface area (TPSA) is 65.0 Å². The van der Waals surface area contributed by atoms with Gasteiger partial charge in [-0.2, -0.15) is 0 Å². The number of carbonyl (C=O) groups excluding carboxylic acids is 1. The molecular formula is C20H18O5. The molecule has 2 aliphatic heterocycles. The Morgan fingerprint density at radius 3 is 2.48 bits per heavy atom. The Kier molecular flexibility index (Phi) is 2.56. The van der Waals surface area contributed by atoms with E-state index in [-0.39, 0.29) is 24.2 Å². The molecule has 0 aromatic heterocycles. The van der Waals surface area contributed by atoms with E-state index in [1.54, 1.807) is 0 Å². The number of hydrogen-bond donors (Lipinski definition) is 1. The number of ketones is 1. The minimum atomic E-state index is -1.02. The largest absolute Gasteiger partial charge is 0.449 e. The van der Waals surface area contributed by atoms with Gasteiger partial charge in [0.15, 0.2) is 0 Å². The van der Waals surface area contributed by atoms with Crippen molar-refractivity contribution in [2.75, 3.05) is 0 Å². The van der Waals surface area contributed by atoms with Crippen molar-refractivity contribution < 1.29 is 24.1 Å². The first-order valence-corrected chi connectivity index (χ1v) is 8.93. The van der Waals surface area contributed by atoms with Gasteiger partial charge in [-0.25, -0.2) is 0 Å². The summed E-state index contributed by atoms with van der Waals surface area (Å²) in [6.45, 7) is 0. The van der Waals surface area contributed by atoms with Gasteiger partial charge in [-0.3, -0.25) is 4.79 Å². The lowest BCUT2D eigenvalue weighted by molar-refractivity contribution is -0.209. The van der Waals surface area contributed by atoms with Crippen LogP contribution in [-0.4, -0.2) is 35.0 Å². The van der Waals surface area contributed by atoms with Crippen molar-refractivity contribution in [3.8, 4) is 11.5 Å². The fraction of sp³-hybridized carbons (Fsp3) is 0.450. The van der Waals surface area contributed by atoms with Crippen LogP contribution in [-0.2, 0) is 9.53 Å². The lowest BCUT2D eigenvalue weighted by atomic mass is 9.65. The molecule has 1 spiro atoms. The number of carbonyl (C=O) groups is 1. The Labute approximate surface area is 144 Å². The molecule has 25 heavy (non-hydrogen) atoms. The van der Waals surface area contributed by atoms with Gasteiger partial charge in [0, 0.05) is 6.42 Å². The van der Waals surface area contributed by atoms with Gasteiger partial charge in [0.1, 0.15) is 23.4 Å². The Morgan fingerprint density at radius 2 is 1.76 bits per heavy atom. The Morgan fingerprint density at radius 1 is 1.04 bits per heavy atom. The normalized spacial score (nSPS) is 37.0. The lowest BCUT2D eigenvalue weighted by Crippen LogP contribution is -2.65. The van der Waals surface area contributed by atoms with Crippen molar-refractivity contribution in [3.05, 3.63) is 36.4 Å². The summed E-state index contributed by atoms with van der Waals surface area (Å²) in [5, 5.41) is 12.5. The van der Waals surface area contributed by atoms with Gasteiger partial charge < -0.3 is 19.3 Å². The number of aliphatic hydroxyl groups excluding tert-OH is 1. The quantitative estimate of drug-likeness (QED) is 0.799. The van der Waals surface area contributed by atoms with Crippen molar-refractivity contribution in [2.24, 2.45) is 11.8 Å². The van der Waals surface area contributed by atoms with Gasteiger partial charge >= 0.3 is 0 Å². The molecule has 1 saturated heterocycles. The molecule has 5 heteroatoms. The zero-order chi connectivity index (χ0) is 16.8. The van der Waals surface area contributed by atoms with E-state index in [1.165, 1.54) is 0 Å². The highest BCUT2D eigenvalue weighted by Crippen LogP contribution is 2.57. The van der Waals surface area contributed by atoms with Gasteiger partial charge in [0.25, 0.3) is 5.79 Å². The Bertz CT molecular complexity index is 865. The summed E-state index contributed by atoms with van der Waals surface area (Å²) >= 11 is 0. The molecule has 2 aromatic carbocycles. The van der Waals surface area contributed by atoms with Gasteiger partial charge in [0.2, 0.25) is 0 Å². The molecule has 2 aliphatic carbocycles. The summed E-state index contributed by atoms with van der Waals surface area (Å²) in [6, 6.07) is 11.9. The Balaban J connectivity index is 1.54. The summed E-state index contributed by atoms with van der Waals surface area (Å²) in [6.07, 6.45) is 0.370. The van der Waals surface area contributed by atoms with Crippen LogP contribution in [0.3, 0.4) is 0 Å². The van der Waals surface area contributed by atoms with Crippen LogP contribution in [0.1, 0.15) is 19.3 Å². The molecule has 4 aliphatic rings. The van der Waals surface area contributed by atoms with Gasteiger partial charge in [0.05, 0.1) is 29.4 Å². The molecule has 2 saturated carbocycles. The number of Topliss-reactive ketones (excluding diaryl/α,β-unsaturated/α-hetero) is 1. The average molecular weight is 338 g/mol. The molecule has 0 radical (unpaired) electrons. The minimum Gasteiger partial charge on any atom is -0.449 e. The highest BCUT2D eigenvalue weighted by molar-refractivity contribution is 5.94. The second-order valence-corrected chi connectivity index (χ2v) is 7.57. The van der Waals surface area contributed by atoms with E-state index in [9.17, 15) is 9.90 Å². The van der Waals surface area contributed by atoms with Gasteiger partial charge in [-0.1, -0.05) is 24.3 Å². The van der Waals surface area contributed by atoms with E-state index in [2.05, 4.69) is 0 Å². The SMILES string of the molecule is O=C1CC2OC3CCC(O)C1C3C21Oc2cccc3cccc(c23)O1.